The molecule has 2 saturated heterocycles. The molecule has 3 rings (SSSR count). The zero-order chi connectivity index (χ0) is 14.8. The number of hydrogen-bond donors (Lipinski definition) is 0. The van der Waals surface area contributed by atoms with E-state index in [2.05, 4.69) is 0 Å². The van der Waals surface area contributed by atoms with Crippen molar-refractivity contribution in [3.63, 3.8) is 0 Å². The standard InChI is InChI=1S/C15H17Cl2NO3/c16-11-4-3-10(8-12(11)17)13-2-1-5-18(13)15(19)14-9-20-6-7-21-14/h3-4,8,13-14H,1-2,5-7,9H2/t13-,14-/m1/s1. The van der Waals surface area contributed by atoms with Gasteiger partial charge >= 0.3 is 0 Å². The van der Waals surface area contributed by atoms with Crippen LogP contribution in [0.4, 0.5) is 0 Å². The molecule has 2 heterocycles. The van der Waals surface area contributed by atoms with Gasteiger partial charge < -0.3 is 14.4 Å². The van der Waals surface area contributed by atoms with Gasteiger partial charge in [-0.3, -0.25) is 4.79 Å². The number of amides is 1. The predicted molar refractivity (Wildman–Crippen MR) is 80.7 cm³/mol. The molecule has 2 aliphatic rings. The molecule has 6 heteroatoms. The first-order valence-electron chi connectivity index (χ1n) is 7.11. The number of benzene rings is 1. The first-order valence-corrected chi connectivity index (χ1v) is 7.87. The monoisotopic (exact) mass is 329 g/mol. The molecule has 0 aromatic heterocycles. The van der Waals surface area contributed by atoms with Crippen molar-refractivity contribution in [1.82, 2.24) is 4.90 Å². The van der Waals surface area contributed by atoms with Gasteiger partial charge in [0, 0.05) is 6.54 Å². The lowest BCUT2D eigenvalue weighted by molar-refractivity contribution is -0.158. The molecule has 0 radical (unpaired) electrons. The third-order valence-corrected chi connectivity index (χ3v) is 4.69. The molecule has 1 amide bonds. The summed E-state index contributed by atoms with van der Waals surface area (Å²) in [6.45, 7) is 2.11. The summed E-state index contributed by atoms with van der Waals surface area (Å²) < 4.78 is 10.8. The van der Waals surface area contributed by atoms with Crippen molar-refractivity contribution in [2.45, 2.75) is 25.0 Å². The molecule has 0 bridgehead atoms. The summed E-state index contributed by atoms with van der Waals surface area (Å²) >= 11 is 12.0. The number of rotatable bonds is 2. The SMILES string of the molecule is O=C([C@H]1COCCO1)N1CCC[C@@H]1c1ccc(Cl)c(Cl)c1. The molecule has 0 saturated carbocycles. The van der Waals surface area contributed by atoms with Crippen LogP contribution in [-0.4, -0.2) is 43.3 Å². The highest BCUT2D eigenvalue weighted by atomic mass is 35.5. The summed E-state index contributed by atoms with van der Waals surface area (Å²) in [5.41, 5.74) is 1.02. The van der Waals surface area contributed by atoms with Crippen LogP contribution in [0.25, 0.3) is 0 Å². The van der Waals surface area contributed by atoms with Crippen molar-refractivity contribution in [1.29, 1.82) is 0 Å². The number of halogens is 2. The van der Waals surface area contributed by atoms with E-state index in [1.165, 1.54) is 0 Å². The summed E-state index contributed by atoms with van der Waals surface area (Å²) in [5.74, 6) is 0.00303. The van der Waals surface area contributed by atoms with Crippen molar-refractivity contribution in [2.75, 3.05) is 26.4 Å². The van der Waals surface area contributed by atoms with E-state index in [0.717, 1.165) is 24.9 Å². The normalized spacial score (nSPS) is 26.1. The zero-order valence-electron chi connectivity index (χ0n) is 11.6. The van der Waals surface area contributed by atoms with E-state index in [-0.39, 0.29) is 11.9 Å². The molecular weight excluding hydrogens is 313 g/mol. The van der Waals surface area contributed by atoms with Gasteiger partial charge in [0.2, 0.25) is 0 Å². The Morgan fingerprint density at radius 3 is 2.81 bits per heavy atom. The van der Waals surface area contributed by atoms with Crippen molar-refractivity contribution in [3.8, 4) is 0 Å². The lowest BCUT2D eigenvalue weighted by Crippen LogP contribution is -2.45. The number of hydrogen-bond acceptors (Lipinski definition) is 3. The van der Waals surface area contributed by atoms with Crippen molar-refractivity contribution < 1.29 is 14.3 Å². The van der Waals surface area contributed by atoms with Gasteiger partial charge in [-0.25, -0.2) is 0 Å². The van der Waals surface area contributed by atoms with E-state index < -0.39 is 6.10 Å². The fourth-order valence-corrected chi connectivity index (χ4v) is 3.22. The molecule has 1 aromatic carbocycles. The maximum Gasteiger partial charge on any atom is 0.254 e. The minimum atomic E-state index is -0.484. The summed E-state index contributed by atoms with van der Waals surface area (Å²) in [4.78, 5) is 14.5. The second-order valence-corrected chi connectivity index (χ2v) is 6.11. The van der Waals surface area contributed by atoms with Crippen molar-refractivity contribution in [2.24, 2.45) is 0 Å². The molecule has 2 fully saturated rings. The number of carbonyl (C=O) groups excluding carboxylic acids is 1. The van der Waals surface area contributed by atoms with Gasteiger partial charge in [-0.2, -0.15) is 0 Å². The number of likely N-dealkylation sites (tertiary alicyclic amines) is 1. The van der Waals surface area contributed by atoms with Gasteiger partial charge in [-0.05, 0) is 30.5 Å². The van der Waals surface area contributed by atoms with Crippen molar-refractivity contribution in [3.05, 3.63) is 33.8 Å². The van der Waals surface area contributed by atoms with Crippen LogP contribution >= 0.6 is 23.2 Å². The average molecular weight is 330 g/mol. The lowest BCUT2D eigenvalue weighted by Gasteiger charge is -2.31. The maximum atomic E-state index is 12.6. The highest BCUT2D eigenvalue weighted by Crippen LogP contribution is 2.35. The number of ether oxygens (including phenoxy) is 2. The second kappa shape index (κ2) is 6.53. The minimum absolute atomic E-state index is 0.00303. The molecule has 0 N–H and O–H groups in total. The van der Waals surface area contributed by atoms with Gasteiger partial charge in [0.15, 0.2) is 6.10 Å². The van der Waals surface area contributed by atoms with Crippen LogP contribution in [0, 0.1) is 0 Å². The Morgan fingerprint density at radius 1 is 1.24 bits per heavy atom. The highest BCUT2D eigenvalue weighted by Gasteiger charge is 2.35. The van der Waals surface area contributed by atoms with E-state index >= 15 is 0 Å². The Hall–Kier alpha value is -0.810. The maximum absolute atomic E-state index is 12.6. The van der Waals surface area contributed by atoms with Gasteiger partial charge in [0.25, 0.3) is 5.91 Å². The lowest BCUT2D eigenvalue weighted by atomic mass is 10.0. The van der Waals surface area contributed by atoms with Gasteiger partial charge in [0.05, 0.1) is 35.9 Å². The molecule has 4 nitrogen and oxygen atoms in total. The van der Waals surface area contributed by atoms with E-state index in [1.807, 2.05) is 17.0 Å². The third kappa shape index (κ3) is 3.19. The van der Waals surface area contributed by atoms with Crippen LogP contribution in [0.1, 0.15) is 24.4 Å². The summed E-state index contributed by atoms with van der Waals surface area (Å²) in [7, 11) is 0. The Bertz CT molecular complexity index is 532. The zero-order valence-corrected chi connectivity index (χ0v) is 13.1. The average Bonchev–Trinajstić information content (AvgIpc) is 2.99. The molecule has 2 atom stereocenters. The van der Waals surface area contributed by atoms with Crippen LogP contribution in [0.3, 0.4) is 0 Å². The van der Waals surface area contributed by atoms with Crippen LogP contribution in [0.5, 0.6) is 0 Å². The highest BCUT2D eigenvalue weighted by molar-refractivity contribution is 6.42. The Labute approximate surface area is 133 Å². The van der Waals surface area contributed by atoms with Crippen LogP contribution < -0.4 is 0 Å². The quantitative estimate of drug-likeness (QED) is 0.837. The van der Waals surface area contributed by atoms with Crippen LogP contribution in [0.2, 0.25) is 10.0 Å². The molecule has 21 heavy (non-hydrogen) atoms. The number of carbonyl (C=O) groups is 1. The first kappa shape index (κ1) is 15.1. The number of nitrogens with zero attached hydrogens (tertiary/aromatic N) is 1. The van der Waals surface area contributed by atoms with Crippen LogP contribution in [-0.2, 0) is 14.3 Å². The molecule has 0 unspecified atom stereocenters. The minimum Gasteiger partial charge on any atom is -0.376 e. The Morgan fingerprint density at radius 2 is 2.10 bits per heavy atom. The van der Waals surface area contributed by atoms with E-state index in [4.69, 9.17) is 32.7 Å². The molecule has 0 spiro atoms. The molecule has 114 valence electrons. The summed E-state index contributed by atoms with van der Waals surface area (Å²) in [5, 5.41) is 1.05. The Balaban J connectivity index is 1.78. The topological polar surface area (TPSA) is 38.8 Å². The molecule has 2 aliphatic heterocycles. The fourth-order valence-electron chi connectivity index (χ4n) is 2.91. The largest absolute Gasteiger partial charge is 0.376 e. The summed E-state index contributed by atoms with van der Waals surface area (Å²) in [6, 6.07) is 5.60. The fraction of sp³-hybridized carbons (Fsp3) is 0.533. The van der Waals surface area contributed by atoms with Crippen LogP contribution in [0.15, 0.2) is 18.2 Å². The predicted octanol–water partition coefficient (Wildman–Crippen LogP) is 3.07. The molecule has 1 aromatic rings. The summed E-state index contributed by atoms with van der Waals surface area (Å²) in [6.07, 6.45) is 1.42. The van der Waals surface area contributed by atoms with Crippen molar-refractivity contribution >= 4 is 29.1 Å². The Kier molecular flexibility index (Phi) is 4.69. The third-order valence-electron chi connectivity index (χ3n) is 3.96. The first-order chi connectivity index (χ1) is 10.2. The second-order valence-electron chi connectivity index (χ2n) is 5.30. The van der Waals surface area contributed by atoms with E-state index in [9.17, 15) is 4.79 Å². The van der Waals surface area contributed by atoms with Gasteiger partial charge in [-0.1, -0.05) is 29.3 Å². The van der Waals surface area contributed by atoms with Gasteiger partial charge in [-0.15, -0.1) is 0 Å². The van der Waals surface area contributed by atoms with E-state index in [0.29, 0.717) is 29.9 Å². The van der Waals surface area contributed by atoms with E-state index in [1.54, 1.807) is 6.07 Å². The molecule has 0 aliphatic carbocycles. The molecular formula is C15H17Cl2NO3. The smallest absolute Gasteiger partial charge is 0.254 e. The van der Waals surface area contributed by atoms with Gasteiger partial charge in [0.1, 0.15) is 0 Å².